The highest BCUT2D eigenvalue weighted by molar-refractivity contribution is 7.22. The molecular weight excluding hydrogens is 568 g/mol. The van der Waals surface area contributed by atoms with Crippen molar-refractivity contribution in [2.75, 3.05) is 31.8 Å². The second kappa shape index (κ2) is 13.2. The predicted molar refractivity (Wildman–Crippen MR) is 167 cm³/mol. The van der Waals surface area contributed by atoms with Gasteiger partial charge < -0.3 is 24.1 Å². The van der Waals surface area contributed by atoms with Crippen molar-refractivity contribution in [1.29, 1.82) is 0 Å². The largest absolute Gasteiger partial charge is 0.507 e. The van der Waals surface area contributed by atoms with Crippen LogP contribution in [0.25, 0.3) is 16.0 Å². The van der Waals surface area contributed by atoms with Gasteiger partial charge in [-0.05, 0) is 80.4 Å². The fourth-order valence-corrected chi connectivity index (χ4v) is 5.93. The lowest BCUT2D eigenvalue weighted by Crippen LogP contribution is -2.29. The maximum Gasteiger partial charge on any atom is 0.301 e. The van der Waals surface area contributed by atoms with Crippen molar-refractivity contribution < 1.29 is 33.6 Å². The monoisotopic (exact) mass is 602 g/mol. The smallest absolute Gasteiger partial charge is 0.301 e. The average molecular weight is 603 g/mol. The fourth-order valence-electron chi connectivity index (χ4n) is 4.91. The number of hydrogen-bond acceptors (Lipinski definition) is 9. The van der Waals surface area contributed by atoms with Gasteiger partial charge in [-0.25, -0.2) is 4.98 Å². The summed E-state index contributed by atoms with van der Waals surface area (Å²) in [6.07, 6.45) is 1.87. The first-order chi connectivity index (χ1) is 20.9. The number of aliphatic hydroxyl groups is 1. The Kier molecular flexibility index (Phi) is 9.16. The normalized spacial score (nSPS) is 16.1. The van der Waals surface area contributed by atoms with E-state index in [0.29, 0.717) is 64.6 Å². The minimum absolute atomic E-state index is 0.0481. The van der Waals surface area contributed by atoms with E-state index in [1.54, 1.807) is 61.7 Å². The molecule has 1 unspecified atom stereocenters. The van der Waals surface area contributed by atoms with Crippen LogP contribution in [0.1, 0.15) is 50.8 Å². The van der Waals surface area contributed by atoms with Gasteiger partial charge in [0.05, 0.1) is 48.8 Å². The molecule has 0 aliphatic carbocycles. The van der Waals surface area contributed by atoms with E-state index in [0.717, 1.165) is 17.5 Å². The van der Waals surface area contributed by atoms with Crippen LogP contribution in [0.4, 0.5) is 5.13 Å². The average Bonchev–Trinajstić information content (AvgIpc) is 3.55. The van der Waals surface area contributed by atoms with E-state index >= 15 is 0 Å². The van der Waals surface area contributed by atoms with Crippen LogP contribution in [0, 0.1) is 0 Å². The zero-order valence-corrected chi connectivity index (χ0v) is 25.4. The molecule has 0 spiro atoms. The third-order valence-electron chi connectivity index (χ3n) is 7.01. The number of thiazole rings is 1. The number of carbonyl (C=O) groups excluding carboxylic acids is 2. The Morgan fingerprint density at radius 3 is 2.35 bits per heavy atom. The van der Waals surface area contributed by atoms with Crippen molar-refractivity contribution in [1.82, 2.24) is 4.98 Å². The number of fused-ring (bicyclic) bond motifs is 1. The van der Waals surface area contributed by atoms with Gasteiger partial charge in [-0.15, -0.1) is 0 Å². The molecule has 43 heavy (non-hydrogen) atoms. The molecule has 1 aliphatic rings. The third kappa shape index (κ3) is 6.01. The Balaban J connectivity index is 1.67. The highest BCUT2D eigenvalue weighted by Gasteiger charge is 2.48. The van der Waals surface area contributed by atoms with Crippen LogP contribution in [-0.2, 0) is 9.59 Å². The number of rotatable bonds is 12. The maximum atomic E-state index is 13.7. The van der Waals surface area contributed by atoms with E-state index in [2.05, 4.69) is 6.92 Å². The molecule has 1 fully saturated rings. The van der Waals surface area contributed by atoms with Gasteiger partial charge in [0.15, 0.2) is 16.6 Å². The Hall–Kier alpha value is -4.57. The molecule has 1 amide bonds. The third-order valence-corrected chi connectivity index (χ3v) is 8.03. The lowest BCUT2D eigenvalue weighted by molar-refractivity contribution is -0.132. The van der Waals surface area contributed by atoms with Crippen molar-refractivity contribution >= 4 is 44.1 Å². The zero-order chi connectivity index (χ0) is 30.5. The zero-order valence-electron chi connectivity index (χ0n) is 24.6. The van der Waals surface area contributed by atoms with Gasteiger partial charge in [-0.3, -0.25) is 14.5 Å². The van der Waals surface area contributed by atoms with Crippen molar-refractivity contribution in [3.05, 3.63) is 77.4 Å². The molecule has 4 aromatic rings. The van der Waals surface area contributed by atoms with E-state index in [4.69, 9.17) is 23.9 Å². The number of Topliss-reactive ketones (excluding diaryl/α,β-unsaturated/α-hetero) is 1. The molecule has 1 atom stereocenters. The molecule has 0 radical (unpaired) electrons. The molecule has 3 aromatic carbocycles. The lowest BCUT2D eigenvalue weighted by atomic mass is 9.95. The molecule has 224 valence electrons. The topological polar surface area (TPSA) is 107 Å². The van der Waals surface area contributed by atoms with Crippen LogP contribution in [-0.4, -0.2) is 48.7 Å². The summed E-state index contributed by atoms with van der Waals surface area (Å²) in [5.41, 5.74) is 1.55. The van der Waals surface area contributed by atoms with Crippen LogP contribution < -0.4 is 23.8 Å². The number of methoxy groups -OCH3 is 1. The first kappa shape index (κ1) is 29.9. The molecule has 1 N–H and O–H groups in total. The molecule has 9 nitrogen and oxygen atoms in total. The molecule has 1 aromatic heterocycles. The van der Waals surface area contributed by atoms with Gasteiger partial charge in [0, 0.05) is 5.56 Å². The number of carbonyl (C=O) groups is 2. The molecule has 1 aliphatic heterocycles. The van der Waals surface area contributed by atoms with Crippen molar-refractivity contribution in [3.63, 3.8) is 0 Å². The number of ketones is 1. The summed E-state index contributed by atoms with van der Waals surface area (Å²) in [4.78, 5) is 33.5. The van der Waals surface area contributed by atoms with Gasteiger partial charge in [0.1, 0.15) is 17.3 Å². The van der Waals surface area contributed by atoms with Crippen LogP contribution in [0.5, 0.6) is 23.0 Å². The first-order valence-electron chi connectivity index (χ1n) is 14.3. The van der Waals surface area contributed by atoms with E-state index in [9.17, 15) is 14.7 Å². The van der Waals surface area contributed by atoms with Gasteiger partial charge in [-0.2, -0.15) is 0 Å². The summed E-state index contributed by atoms with van der Waals surface area (Å²) in [6, 6.07) is 16.5. The number of amides is 1. The van der Waals surface area contributed by atoms with E-state index in [1.165, 1.54) is 16.2 Å². The van der Waals surface area contributed by atoms with Crippen molar-refractivity contribution in [3.8, 4) is 23.0 Å². The number of anilines is 1. The van der Waals surface area contributed by atoms with Gasteiger partial charge >= 0.3 is 5.91 Å². The molecule has 0 saturated carbocycles. The van der Waals surface area contributed by atoms with Crippen molar-refractivity contribution in [2.24, 2.45) is 0 Å². The number of hydrogen-bond donors (Lipinski definition) is 1. The molecule has 0 bridgehead atoms. The highest BCUT2D eigenvalue weighted by atomic mass is 32.1. The number of nitrogens with zero attached hydrogens (tertiary/aromatic N) is 2. The molecule has 10 heteroatoms. The summed E-state index contributed by atoms with van der Waals surface area (Å²) in [6.45, 7) is 7.24. The lowest BCUT2D eigenvalue weighted by Gasteiger charge is -2.24. The number of benzene rings is 3. The van der Waals surface area contributed by atoms with E-state index < -0.39 is 17.7 Å². The number of aromatic nitrogens is 1. The molecule has 2 heterocycles. The summed E-state index contributed by atoms with van der Waals surface area (Å²) in [5, 5.41) is 11.9. The predicted octanol–water partition coefficient (Wildman–Crippen LogP) is 6.91. The summed E-state index contributed by atoms with van der Waals surface area (Å²) in [5.74, 6) is 0.432. The second-order valence-electron chi connectivity index (χ2n) is 9.80. The summed E-state index contributed by atoms with van der Waals surface area (Å²) >= 11 is 1.26. The molecule has 1 saturated heterocycles. The minimum atomic E-state index is -0.974. The van der Waals surface area contributed by atoms with Crippen LogP contribution in [0.15, 0.2) is 66.2 Å². The Morgan fingerprint density at radius 1 is 0.907 bits per heavy atom. The summed E-state index contributed by atoms with van der Waals surface area (Å²) < 4.78 is 23.6. The van der Waals surface area contributed by atoms with Crippen LogP contribution in [0.3, 0.4) is 0 Å². The number of ether oxygens (including phenoxy) is 4. The molecule has 5 rings (SSSR count). The van der Waals surface area contributed by atoms with Crippen molar-refractivity contribution in [2.45, 2.75) is 39.7 Å². The maximum absolute atomic E-state index is 13.7. The first-order valence-corrected chi connectivity index (χ1v) is 15.1. The Labute approximate surface area is 254 Å². The van der Waals surface area contributed by atoms with E-state index in [-0.39, 0.29) is 11.3 Å². The van der Waals surface area contributed by atoms with Crippen LogP contribution >= 0.6 is 11.3 Å². The Bertz CT molecular complexity index is 1660. The van der Waals surface area contributed by atoms with E-state index in [1.807, 2.05) is 19.9 Å². The van der Waals surface area contributed by atoms with Gasteiger partial charge in [-0.1, -0.05) is 30.7 Å². The SMILES string of the molecule is CCCCOc1ccc(C2C(=C(O)c3ccc(OCC)cc3)C(=O)C(=O)N2c2nc3ccc(OC)cc3s2)cc1OCC. The highest BCUT2D eigenvalue weighted by Crippen LogP contribution is 2.46. The fraction of sp³-hybridized carbons (Fsp3) is 0.303. The minimum Gasteiger partial charge on any atom is -0.507 e. The van der Waals surface area contributed by atoms with Gasteiger partial charge in [0.25, 0.3) is 5.78 Å². The van der Waals surface area contributed by atoms with Crippen LogP contribution in [0.2, 0.25) is 0 Å². The number of aliphatic hydroxyl groups excluding tert-OH is 1. The van der Waals surface area contributed by atoms with Gasteiger partial charge in [0.2, 0.25) is 0 Å². The second-order valence-corrected chi connectivity index (χ2v) is 10.8. The standard InChI is InChI=1S/C33H34N2O7S/c1-5-8-17-42-25-16-11-21(18-26(25)41-7-3)29-28(30(36)20-9-12-22(13-10-20)40-6-2)31(37)32(38)35(29)33-34-24-15-14-23(39-4)19-27(24)43-33/h9-16,18-19,29,36H,5-8,17H2,1-4H3. The molecular formula is C33H34N2O7S. The quantitative estimate of drug-likeness (QED) is 0.0807. The number of unbranched alkanes of at least 4 members (excludes halogenated alkanes) is 1. The summed E-state index contributed by atoms with van der Waals surface area (Å²) in [7, 11) is 1.58. The Morgan fingerprint density at radius 2 is 1.65 bits per heavy atom.